The van der Waals surface area contributed by atoms with Crippen molar-refractivity contribution in [3.63, 3.8) is 0 Å². The van der Waals surface area contributed by atoms with Gasteiger partial charge in [0.1, 0.15) is 5.82 Å². The van der Waals surface area contributed by atoms with E-state index in [0.717, 1.165) is 23.8 Å². The highest BCUT2D eigenvalue weighted by molar-refractivity contribution is 7.09. The van der Waals surface area contributed by atoms with Gasteiger partial charge in [0.15, 0.2) is 0 Å². The van der Waals surface area contributed by atoms with Gasteiger partial charge in [-0.2, -0.15) is 4.37 Å². The van der Waals surface area contributed by atoms with E-state index in [4.69, 9.17) is 5.11 Å². The van der Waals surface area contributed by atoms with Crippen molar-refractivity contribution in [2.45, 2.75) is 32.7 Å². The number of aromatic nitrogens is 2. The van der Waals surface area contributed by atoms with Crippen LogP contribution in [-0.2, 0) is 6.42 Å². The van der Waals surface area contributed by atoms with E-state index in [1.807, 2.05) is 0 Å². The van der Waals surface area contributed by atoms with Crippen molar-refractivity contribution in [2.24, 2.45) is 11.8 Å². The molecule has 2 N–H and O–H groups in total. The van der Waals surface area contributed by atoms with Gasteiger partial charge in [-0.25, -0.2) is 4.98 Å². The second-order valence-corrected chi connectivity index (χ2v) is 5.68. The molecule has 0 bridgehead atoms. The minimum atomic E-state index is 0.226. The molecule has 0 aliphatic heterocycles. The van der Waals surface area contributed by atoms with Crippen molar-refractivity contribution in [1.82, 2.24) is 9.36 Å². The first-order valence-electron chi connectivity index (χ1n) is 6.05. The van der Waals surface area contributed by atoms with Gasteiger partial charge in [-0.05, 0) is 12.3 Å². The normalized spacial score (nSPS) is 23.5. The lowest BCUT2D eigenvalue weighted by atomic mass is 10.1. The smallest absolute Gasteiger partial charge is 0.203 e. The van der Waals surface area contributed by atoms with Gasteiger partial charge < -0.3 is 10.4 Å². The van der Waals surface area contributed by atoms with E-state index in [-0.39, 0.29) is 18.6 Å². The molecule has 17 heavy (non-hydrogen) atoms. The summed E-state index contributed by atoms with van der Waals surface area (Å²) in [5.74, 6) is 1.80. The van der Waals surface area contributed by atoms with Gasteiger partial charge in [0.2, 0.25) is 5.13 Å². The Kier molecular flexibility index (Phi) is 4.12. The standard InChI is InChI=1S/C12H19N3OS/c1-8(2)5-11-14-12(17-15-11)13-10-4-3-9(6-10)7-16/h3-4,8-10,16H,5-7H2,1-2H3,(H,13,14,15)/t9-,10+/m0/s1. The van der Waals surface area contributed by atoms with Crippen LogP contribution in [0.3, 0.4) is 0 Å². The van der Waals surface area contributed by atoms with Gasteiger partial charge in [0, 0.05) is 36.5 Å². The van der Waals surface area contributed by atoms with Gasteiger partial charge in [0.25, 0.3) is 0 Å². The van der Waals surface area contributed by atoms with Crippen molar-refractivity contribution >= 4 is 16.7 Å². The third-order valence-electron chi connectivity index (χ3n) is 2.77. The molecule has 0 aromatic carbocycles. The van der Waals surface area contributed by atoms with E-state index >= 15 is 0 Å². The molecule has 0 spiro atoms. The molecule has 2 atom stereocenters. The summed E-state index contributed by atoms with van der Waals surface area (Å²) in [6, 6.07) is 0.284. The van der Waals surface area contributed by atoms with Crippen LogP contribution in [0.5, 0.6) is 0 Å². The van der Waals surface area contributed by atoms with Crippen LogP contribution in [0.2, 0.25) is 0 Å². The molecule has 2 rings (SSSR count). The third kappa shape index (κ3) is 3.51. The molecular weight excluding hydrogens is 234 g/mol. The summed E-state index contributed by atoms with van der Waals surface area (Å²) in [4.78, 5) is 4.46. The highest BCUT2D eigenvalue weighted by atomic mass is 32.1. The monoisotopic (exact) mass is 253 g/mol. The summed E-state index contributed by atoms with van der Waals surface area (Å²) in [7, 11) is 0. The Labute approximate surface area is 106 Å². The average molecular weight is 253 g/mol. The second-order valence-electron chi connectivity index (χ2n) is 4.93. The van der Waals surface area contributed by atoms with Gasteiger partial charge in [-0.15, -0.1) is 0 Å². The van der Waals surface area contributed by atoms with E-state index in [2.05, 4.69) is 40.7 Å². The van der Waals surface area contributed by atoms with Crippen molar-refractivity contribution in [3.8, 4) is 0 Å². The highest BCUT2D eigenvalue weighted by Crippen LogP contribution is 2.22. The van der Waals surface area contributed by atoms with Gasteiger partial charge in [0.05, 0.1) is 0 Å². The van der Waals surface area contributed by atoms with E-state index in [1.54, 1.807) is 0 Å². The van der Waals surface area contributed by atoms with Crippen LogP contribution in [-0.4, -0.2) is 27.1 Å². The lowest BCUT2D eigenvalue weighted by Crippen LogP contribution is -2.16. The first-order valence-corrected chi connectivity index (χ1v) is 6.83. The Morgan fingerprint density at radius 3 is 3.00 bits per heavy atom. The molecule has 0 saturated heterocycles. The van der Waals surface area contributed by atoms with Gasteiger partial charge >= 0.3 is 0 Å². The number of rotatable bonds is 5. The zero-order chi connectivity index (χ0) is 12.3. The summed E-state index contributed by atoms with van der Waals surface area (Å²) in [5.41, 5.74) is 0. The van der Waals surface area contributed by atoms with E-state index < -0.39 is 0 Å². The van der Waals surface area contributed by atoms with E-state index in [0.29, 0.717) is 5.92 Å². The lowest BCUT2D eigenvalue weighted by molar-refractivity contribution is 0.250. The molecule has 94 valence electrons. The number of aliphatic hydroxyl groups excluding tert-OH is 1. The van der Waals surface area contributed by atoms with Crippen LogP contribution in [0.25, 0.3) is 0 Å². The van der Waals surface area contributed by atoms with Crippen LogP contribution >= 0.6 is 11.5 Å². The fourth-order valence-electron chi connectivity index (χ4n) is 1.94. The molecule has 0 unspecified atom stereocenters. The third-order valence-corrected chi connectivity index (χ3v) is 3.46. The minimum absolute atomic E-state index is 0.226. The molecule has 4 nitrogen and oxygen atoms in total. The second kappa shape index (κ2) is 5.60. The number of aliphatic hydroxyl groups is 1. The molecule has 1 aliphatic carbocycles. The maximum atomic E-state index is 9.05. The largest absolute Gasteiger partial charge is 0.396 e. The number of hydrogen-bond donors (Lipinski definition) is 2. The summed E-state index contributed by atoms with van der Waals surface area (Å²) in [6.45, 7) is 4.56. The van der Waals surface area contributed by atoms with Crippen LogP contribution < -0.4 is 5.32 Å². The Balaban J connectivity index is 1.87. The fourth-order valence-corrected chi connectivity index (χ4v) is 2.59. The van der Waals surface area contributed by atoms with Crippen LogP contribution in [0.1, 0.15) is 26.1 Å². The summed E-state index contributed by atoms with van der Waals surface area (Å²) in [5, 5.41) is 13.3. The molecule has 1 heterocycles. The molecule has 1 aromatic heterocycles. The summed E-state index contributed by atoms with van der Waals surface area (Å²) < 4.78 is 4.33. The topological polar surface area (TPSA) is 58.0 Å². The predicted octanol–water partition coefficient (Wildman–Crippen LogP) is 2.09. The molecular formula is C12H19N3OS. The molecule has 0 saturated carbocycles. The zero-order valence-electron chi connectivity index (χ0n) is 10.3. The van der Waals surface area contributed by atoms with Crippen LogP contribution in [0.15, 0.2) is 12.2 Å². The Morgan fingerprint density at radius 2 is 2.35 bits per heavy atom. The molecule has 5 heteroatoms. The number of nitrogens with one attached hydrogen (secondary N) is 1. The van der Waals surface area contributed by atoms with Crippen molar-refractivity contribution in [2.75, 3.05) is 11.9 Å². The van der Waals surface area contributed by atoms with Crippen molar-refractivity contribution in [3.05, 3.63) is 18.0 Å². The van der Waals surface area contributed by atoms with Gasteiger partial charge in [-0.1, -0.05) is 26.0 Å². The first-order chi connectivity index (χ1) is 8.17. The minimum Gasteiger partial charge on any atom is -0.396 e. The predicted molar refractivity (Wildman–Crippen MR) is 70.2 cm³/mol. The first kappa shape index (κ1) is 12.5. The Hall–Kier alpha value is -0.940. The molecule has 1 aromatic rings. The Bertz CT molecular complexity index is 389. The highest BCUT2D eigenvalue weighted by Gasteiger charge is 2.19. The zero-order valence-corrected chi connectivity index (χ0v) is 11.1. The number of nitrogens with zero attached hydrogens (tertiary/aromatic N) is 2. The van der Waals surface area contributed by atoms with Crippen molar-refractivity contribution < 1.29 is 5.11 Å². The lowest BCUT2D eigenvalue weighted by Gasteiger charge is -2.10. The molecule has 0 amide bonds. The van der Waals surface area contributed by atoms with Crippen molar-refractivity contribution in [1.29, 1.82) is 0 Å². The summed E-state index contributed by atoms with van der Waals surface area (Å²) >= 11 is 1.42. The number of hydrogen-bond acceptors (Lipinski definition) is 5. The molecule has 1 aliphatic rings. The van der Waals surface area contributed by atoms with E-state index in [9.17, 15) is 0 Å². The molecule has 0 radical (unpaired) electrons. The van der Waals surface area contributed by atoms with E-state index in [1.165, 1.54) is 11.5 Å². The summed E-state index contributed by atoms with van der Waals surface area (Å²) in [6.07, 6.45) is 6.03. The SMILES string of the molecule is CC(C)Cc1nsc(N[C@@H]2C=C[C@H](CO)C2)n1. The maximum absolute atomic E-state index is 9.05. The fraction of sp³-hybridized carbons (Fsp3) is 0.667. The quantitative estimate of drug-likeness (QED) is 0.789. The number of anilines is 1. The average Bonchev–Trinajstić information content (AvgIpc) is 2.88. The Morgan fingerprint density at radius 1 is 1.53 bits per heavy atom. The molecule has 0 fully saturated rings. The van der Waals surface area contributed by atoms with Crippen LogP contribution in [0, 0.1) is 11.8 Å². The maximum Gasteiger partial charge on any atom is 0.203 e. The van der Waals surface area contributed by atoms with Crippen LogP contribution in [0.4, 0.5) is 5.13 Å². The van der Waals surface area contributed by atoms with Gasteiger partial charge in [-0.3, -0.25) is 0 Å².